The number of methoxy groups -OCH3 is 1. The summed E-state index contributed by atoms with van der Waals surface area (Å²) >= 11 is 2.10. The highest BCUT2D eigenvalue weighted by Gasteiger charge is 2.26. The maximum absolute atomic E-state index is 12.7. The van der Waals surface area contributed by atoms with E-state index >= 15 is 0 Å². The molecule has 2 heterocycles. The molecule has 3 rings (SSSR count). The lowest BCUT2D eigenvalue weighted by atomic mass is 10.1. The lowest BCUT2D eigenvalue weighted by Crippen LogP contribution is -2.17. The number of aromatic nitrogens is 3. The van der Waals surface area contributed by atoms with Gasteiger partial charge in [0.2, 0.25) is 5.91 Å². The van der Waals surface area contributed by atoms with Gasteiger partial charge in [-0.25, -0.2) is 4.79 Å². The average Bonchev–Trinajstić information content (AvgIpc) is 3.39. The number of aryl methyl sites for hydroxylation is 1. The van der Waals surface area contributed by atoms with E-state index in [1.54, 1.807) is 13.0 Å². The number of primary amides is 1. The third kappa shape index (κ3) is 5.94. The Morgan fingerprint density at radius 3 is 2.64 bits per heavy atom. The summed E-state index contributed by atoms with van der Waals surface area (Å²) in [6, 6.07) is 7.69. The largest absolute Gasteiger partial charge is 0.482 e. The van der Waals surface area contributed by atoms with Crippen molar-refractivity contribution in [2.75, 3.05) is 18.2 Å². The number of thiophene rings is 1. The first-order chi connectivity index (χ1) is 17.2. The van der Waals surface area contributed by atoms with Crippen molar-refractivity contribution in [3.63, 3.8) is 0 Å². The zero-order valence-electron chi connectivity index (χ0n) is 20.4. The predicted octanol–water partition coefficient (Wildman–Crippen LogP) is 3.90. The fourth-order valence-electron chi connectivity index (χ4n) is 3.42. The number of carbonyl (C=O) groups excluding carboxylic acids is 3. The fourth-order valence-corrected chi connectivity index (χ4v) is 5.24. The van der Waals surface area contributed by atoms with Crippen LogP contribution in [0.5, 0.6) is 5.75 Å². The molecular formula is C24H27N5O5S2. The van der Waals surface area contributed by atoms with Crippen LogP contribution in [0.25, 0.3) is 0 Å². The highest BCUT2D eigenvalue weighted by molar-refractivity contribution is 7.99. The van der Waals surface area contributed by atoms with E-state index in [4.69, 9.17) is 15.2 Å². The molecule has 0 aliphatic rings. The van der Waals surface area contributed by atoms with Gasteiger partial charge >= 0.3 is 5.97 Å². The minimum Gasteiger partial charge on any atom is -0.482 e. The third-order valence-electron chi connectivity index (χ3n) is 5.16. The SMILES string of the molecule is C=CCn1c(SCC(=O)Nc2sc(C(N)=O)c(C)c2C(=O)OC)nnc1C(C)Oc1ccccc1C. The summed E-state index contributed by atoms with van der Waals surface area (Å²) in [6.45, 7) is 9.64. The highest BCUT2D eigenvalue weighted by atomic mass is 32.2. The van der Waals surface area contributed by atoms with Crippen LogP contribution in [0.15, 0.2) is 42.1 Å². The number of nitrogens with two attached hydrogens (primary N) is 1. The molecular weight excluding hydrogens is 502 g/mol. The van der Waals surface area contributed by atoms with Crippen LogP contribution in [0.2, 0.25) is 0 Å². The summed E-state index contributed by atoms with van der Waals surface area (Å²) in [4.78, 5) is 36.8. The molecule has 1 unspecified atom stereocenters. The summed E-state index contributed by atoms with van der Waals surface area (Å²) < 4.78 is 12.7. The minimum atomic E-state index is -0.690. The van der Waals surface area contributed by atoms with Crippen molar-refractivity contribution in [2.45, 2.75) is 38.6 Å². The van der Waals surface area contributed by atoms with Crippen LogP contribution in [0.3, 0.4) is 0 Å². The first-order valence-electron chi connectivity index (χ1n) is 10.9. The van der Waals surface area contributed by atoms with E-state index in [-0.39, 0.29) is 21.2 Å². The Bertz CT molecular complexity index is 1300. The number of rotatable bonds is 11. The summed E-state index contributed by atoms with van der Waals surface area (Å²) in [5, 5.41) is 11.9. The van der Waals surface area contributed by atoms with Crippen LogP contribution in [0.1, 0.15) is 50.0 Å². The second-order valence-corrected chi connectivity index (χ2v) is 9.68. The third-order valence-corrected chi connectivity index (χ3v) is 7.35. The van der Waals surface area contributed by atoms with Crippen molar-refractivity contribution in [3.8, 4) is 5.75 Å². The van der Waals surface area contributed by atoms with E-state index < -0.39 is 23.9 Å². The van der Waals surface area contributed by atoms with Crippen LogP contribution >= 0.6 is 23.1 Å². The molecule has 0 saturated carbocycles. The van der Waals surface area contributed by atoms with Crippen LogP contribution in [0.4, 0.5) is 5.00 Å². The van der Waals surface area contributed by atoms with E-state index in [1.165, 1.54) is 18.9 Å². The monoisotopic (exact) mass is 529 g/mol. The smallest absolute Gasteiger partial charge is 0.341 e. The Kier molecular flexibility index (Phi) is 8.88. The van der Waals surface area contributed by atoms with Gasteiger partial charge in [0.05, 0.1) is 23.3 Å². The van der Waals surface area contributed by atoms with E-state index in [0.717, 1.165) is 22.6 Å². The van der Waals surface area contributed by atoms with E-state index in [0.29, 0.717) is 23.1 Å². The number of nitrogens with one attached hydrogen (secondary N) is 1. The standard InChI is InChI=1S/C24H27N5O5S2/c1-6-11-29-21(15(4)34-16-10-8-7-9-13(16)2)27-28-24(29)35-12-17(30)26-22-18(23(32)33-5)14(3)19(36-22)20(25)31/h6-10,15H,1,11-12H2,2-5H3,(H2,25,31)(H,26,30). The Morgan fingerprint density at radius 2 is 2.00 bits per heavy atom. The zero-order valence-corrected chi connectivity index (χ0v) is 22.0. The number of anilines is 1. The number of para-hydroxylation sites is 1. The number of thioether (sulfide) groups is 1. The molecule has 1 aromatic carbocycles. The van der Waals surface area contributed by atoms with Crippen LogP contribution in [-0.4, -0.2) is 45.4 Å². The van der Waals surface area contributed by atoms with Crippen molar-refractivity contribution in [1.82, 2.24) is 14.8 Å². The number of amides is 2. The first kappa shape index (κ1) is 27.0. The molecule has 10 nitrogen and oxygen atoms in total. The predicted molar refractivity (Wildman–Crippen MR) is 139 cm³/mol. The van der Waals surface area contributed by atoms with E-state index in [9.17, 15) is 14.4 Å². The van der Waals surface area contributed by atoms with Gasteiger partial charge in [-0.3, -0.25) is 14.2 Å². The normalized spacial score (nSPS) is 11.6. The molecule has 3 N–H and O–H groups in total. The number of esters is 1. The first-order valence-corrected chi connectivity index (χ1v) is 12.7. The van der Waals surface area contributed by atoms with Crippen molar-refractivity contribution in [2.24, 2.45) is 5.73 Å². The fraction of sp³-hybridized carbons (Fsp3) is 0.292. The molecule has 2 aromatic heterocycles. The quantitative estimate of drug-likeness (QED) is 0.217. The maximum atomic E-state index is 12.7. The summed E-state index contributed by atoms with van der Waals surface area (Å²) in [6.07, 6.45) is 1.31. The number of benzene rings is 1. The number of carbonyl (C=O) groups is 3. The van der Waals surface area contributed by atoms with Gasteiger partial charge in [0.1, 0.15) is 10.8 Å². The Balaban J connectivity index is 1.75. The Morgan fingerprint density at radius 1 is 1.28 bits per heavy atom. The molecule has 3 aromatic rings. The molecule has 190 valence electrons. The van der Waals surface area contributed by atoms with Crippen molar-refractivity contribution in [3.05, 3.63) is 64.3 Å². The minimum absolute atomic E-state index is 0.0221. The molecule has 0 saturated heterocycles. The Hall–Kier alpha value is -3.64. The second-order valence-electron chi connectivity index (χ2n) is 7.72. The topological polar surface area (TPSA) is 138 Å². The average molecular weight is 530 g/mol. The van der Waals surface area contributed by atoms with Gasteiger partial charge in [-0.15, -0.1) is 28.1 Å². The summed E-state index contributed by atoms with van der Waals surface area (Å²) in [5.41, 5.74) is 6.87. The molecule has 2 amide bonds. The molecule has 1 atom stereocenters. The van der Waals surface area contributed by atoms with Gasteiger partial charge in [-0.05, 0) is 38.0 Å². The van der Waals surface area contributed by atoms with Gasteiger partial charge in [0.25, 0.3) is 5.91 Å². The summed E-state index contributed by atoms with van der Waals surface area (Å²) in [5.74, 6) is -0.446. The number of allylic oxidation sites excluding steroid dienone is 1. The highest BCUT2D eigenvalue weighted by Crippen LogP contribution is 2.34. The number of ether oxygens (including phenoxy) is 2. The zero-order chi connectivity index (χ0) is 26.4. The van der Waals surface area contributed by atoms with Gasteiger partial charge < -0.3 is 20.5 Å². The van der Waals surface area contributed by atoms with Gasteiger partial charge in [-0.1, -0.05) is 36.0 Å². The Labute approximate surface area is 216 Å². The lowest BCUT2D eigenvalue weighted by molar-refractivity contribution is -0.113. The number of nitrogens with zero attached hydrogens (tertiary/aromatic N) is 3. The molecule has 0 fully saturated rings. The molecule has 0 bridgehead atoms. The van der Waals surface area contributed by atoms with Crippen molar-refractivity contribution < 1.29 is 23.9 Å². The van der Waals surface area contributed by atoms with Crippen LogP contribution < -0.4 is 15.8 Å². The van der Waals surface area contributed by atoms with Crippen molar-refractivity contribution >= 4 is 45.9 Å². The summed E-state index contributed by atoms with van der Waals surface area (Å²) in [7, 11) is 1.22. The number of hydrogen-bond donors (Lipinski definition) is 2. The lowest BCUT2D eigenvalue weighted by Gasteiger charge is -2.17. The molecule has 0 spiro atoms. The molecule has 36 heavy (non-hydrogen) atoms. The molecule has 0 aliphatic heterocycles. The maximum Gasteiger partial charge on any atom is 0.341 e. The van der Waals surface area contributed by atoms with Gasteiger partial charge in [0, 0.05) is 6.54 Å². The van der Waals surface area contributed by atoms with E-state index in [1.807, 2.05) is 42.7 Å². The van der Waals surface area contributed by atoms with Crippen LogP contribution in [0, 0.1) is 13.8 Å². The molecule has 0 aliphatic carbocycles. The number of hydrogen-bond acceptors (Lipinski definition) is 9. The van der Waals surface area contributed by atoms with Crippen LogP contribution in [-0.2, 0) is 16.1 Å². The van der Waals surface area contributed by atoms with Crippen molar-refractivity contribution in [1.29, 1.82) is 0 Å². The second kappa shape index (κ2) is 11.9. The molecule has 12 heteroatoms. The van der Waals surface area contributed by atoms with E-state index in [2.05, 4.69) is 22.1 Å². The van der Waals surface area contributed by atoms with Gasteiger partial charge in [-0.2, -0.15) is 0 Å². The molecule has 0 radical (unpaired) electrons. The van der Waals surface area contributed by atoms with Gasteiger partial charge in [0.15, 0.2) is 17.1 Å².